The molecule has 3 rings (SSSR count). The van der Waals surface area contributed by atoms with Crippen molar-refractivity contribution < 1.29 is 37.7 Å². The maximum Gasteiger partial charge on any atom is 0.303 e. The molecule has 3 heterocycles. The Balaban J connectivity index is 1.90. The van der Waals surface area contributed by atoms with Crippen molar-refractivity contribution in [2.24, 2.45) is 20.7 Å². The summed E-state index contributed by atoms with van der Waals surface area (Å²) < 4.78 is 35.9. The predicted molar refractivity (Wildman–Crippen MR) is 94.5 cm³/mol. The standard InChI is InChI=1S/C16H20FN5O7/c1-7(23)26-4-10-11(27-8(2)24)12(28-9(3)25)15(29-10)22-6-20-13-14(22)19-5-21-16(13,17)18/h5,10-12,15H,4,6,18H2,1-3H3/t10-,11-,12-,15-,16?/m1/s1. The fraction of sp³-hybridized carbons (Fsp3) is 0.625. The second kappa shape index (κ2) is 7.83. The smallest absolute Gasteiger partial charge is 0.303 e. The third-order valence-electron chi connectivity index (χ3n) is 4.27. The van der Waals surface area contributed by atoms with Crippen LogP contribution in [-0.4, -0.2) is 84.4 Å². The summed E-state index contributed by atoms with van der Waals surface area (Å²) in [5.41, 5.74) is 5.27. The van der Waals surface area contributed by atoms with Gasteiger partial charge in [-0.15, -0.1) is 0 Å². The fourth-order valence-electron chi connectivity index (χ4n) is 3.20. The van der Waals surface area contributed by atoms with Crippen LogP contribution in [0.2, 0.25) is 0 Å². The minimum absolute atomic E-state index is 0.0434. The van der Waals surface area contributed by atoms with Crippen LogP contribution in [0.15, 0.2) is 15.0 Å². The number of amidine groups is 1. The van der Waals surface area contributed by atoms with E-state index in [0.717, 1.165) is 6.34 Å². The van der Waals surface area contributed by atoms with Gasteiger partial charge in [0.05, 0.1) is 0 Å². The molecule has 0 bridgehead atoms. The second-order valence-electron chi connectivity index (χ2n) is 6.50. The van der Waals surface area contributed by atoms with Crippen LogP contribution in [0.5, 0.6) is 0 Å². The largest absolute Gasteiger partial charge is 0.463 e. The monoisotopic (exact) mass is 413 g/mol. The van der Waals surface area contributed by atoms with E-state index in [1.165, 1.54) is 25.7 Å². The van der Waals surface area contributed by atoms with Crippen LogP contribution in [0.4, 0.5) is 4.39 Å². The number of ether oxygens (including phenoxy) is 4. The van der Waals surface area contributed by atoms with E-state index >= 15 is 0 Å². The number of hydrogen-bond acceptors (Lipinski definition) is 12. The van der Waals surface area contributed by atoms with Gasteiger partial charge in [-0.1, -0.05) is 0 Å². The highest BCUT2D eigenvalue weighted by molar-refractivity contribution is 6.47. The molecule has 0 amide bonds. The van der Waals surface area contributed by atoms with Crippen LogP contribution in [-0.2, 0) is 33.3 Å². The van der Waals surface area contributed by atoms with Gasteiger partial charge >= 0.3 is 23.8 Å². The van der Waals surface area contributed by atoms with Gasteiger partial charge in [0.1, 0.15) is 25.7 Å². The molecule has 3 aliphatic rings. The van der Waals surface area contributed by atoms with Crippen molar-refractivity contribution in [3.63, 3.8) is 0 Å². The van der Waals surface area contributed by atoms with Gasteiger partial charge in [0, 0.05) is 20.8 Å². The molecular formula is C16H20FN5O7. The minimum atomic E-state index is -2.56. The number of nitrogens with zero attached hydrogens (tertiary/aromatic N) is 4. The number of aliphatic imine (C=N–C) groups is 3. The number of carbonyl (C=O) groups excluding carboxylic acids is 3. The molecule has 0 radical (unpaired) electrons. The third kappa shape index (κ3) is 4.24. The fourth-order valence-corrected chi connectivity index (χ4v) is 3.20. The van der Waals surface area contributed by atoms with Crippen molar-refractivity contribution in [1.29, 1.82) is 0 Å². The zero-order valence-corrected chi connectivity index (χ0v) is 15.9. The average molecular weight is 413 g/mol. The Morgan fingerprint density at radius 1 is 1.24 bits per heavy atom. The van der Waals surface area contributed by atoms with Crippen LogP contribution in [0, 0.1) is 0 Å². The summed E-state index contributed by atoms with van der Waals surface area (Å²) in [5.74, 6) is -4.42. The molecule has 0 aromatic carbocycles. The summed E-state index contributed by atoms with van der Waals surface area (Å²) in [5, 5.41) is 0. The van der Waals surface area contributed by atoms with Crippen molar-refractivity contribution in [2.75, 3.05) is 13.3 Å². The molecule has 29 heavy (non-hydrogen) atoms. The van der Waals surface area contributed by atoms with Gasteiger partial charge in [-0.05, 0) is 0 Å². The van der Waals surface area contributed by atoms with Crippen molar-refractivity contribution in [1.82, 2.24) is 4.90 Å². The number of halogens is 1. The molecule has 0 aromatic heterocycles. The minimum Gasteiger partial charge on any atom is -0.463 e. The van der Waals surface area contributed by atoms with Crippen molar-refractivity contribution in [2.45, 2.75) is 51.2 Å². The van der Waals surface area contributed by atoms with Gasteiger partial charge in [0.15, 0.2) is 30.0 Å². The number of esters is 3. The quantitative estimate of drug-likeness (QED) is 0.335. The van der Waals surface area contributed by atoms with Crippen LogP contribution in [0.1, 0.15) is 20.8 Å². The van der Waals surface area contributed by atoms with Gasteiger partial charge < -0.3 is 23.8 Å². The van der Waals surface area contributed by atoms with Crippen LogP contribution in [0.25, 0.3) is 0 Å². The van der Waals surface area contributed by atoms with Crippen LogP contribution >= 0.6 is 0 Å². The number of rotatable bonds is 5. The molecular weight excluding hydrogens is 393 g/mol. The Bertz CT molecular complexity index is 811. The lowest BCUT2D eigenvalue weighted by molar-refractivity contribution is -0.166. The lowest BCUT2D eigenvalue weighted by atomic mass is 10.1. The Morgan fingerprint density at radius 3 is 2.52 bits per heavy atom. The van der Waals surface area contributed by atoms with E-state index in [4.69, 9.17) is 24.7 Å². The van der Waals surface area contributed by atoms with E-state index in [1.54, 1.807) is 0 Å². The Morgan fingerprint density at radius 2 is 1.90 bits per heavy atom. The highest BCUT2D eigenvalue weighted by Crippen LogP contribution is 2.33. The van der Waals surface area contributed by atoms with E-state index in [1.807, 2.05) is 0 Å². The molecule has 0 saturated carbocycles. The summed E-state index contributed by atoms with van der Waals surface area (Å²) in [4.78, 5) is 47.3. The Hall–Kier alpha value is -2.93. The molecule has 1 fully saturated rings. The second-order valence-corrected chi connectivity index (χ2v) is 6.50. The highest BCUT2D eigenvalue weighted by atomic mass is 19.1. The molecule has 12 nitrogen and oxygen atoms in total. The molecule has 3 aliphatic heterocycles. The SMILES string of the molecule is CC(=O)OC[C@H]1O[C@@H](N2CN=C3C2=NC=NC3(N)F)[C@H](OC(C)=O)[C@@H]1OC(C)=O. The van der Waals surface area contributed by atoms with E-state index in [0.29, 0.717) is 0 Å². The summed E-state index contributed by atoms with van der Waals surface area (Å²) in [6, 6.07) is 0. The molecule has 0 spiro atoms. The molecule has 1 unspecified atom stereocenters. The van der Waals surface area contributed by atoms with Gasteiger partial charge in [-0.25, -0.2) is 9.98 Å². The normalized spacial score (nSPS) is 32.9. The molecule has 0 aliphatic carbocycles. The first kappa shape index (κ1) is 20.8. The van der Waals surface area contributed by atoms with Gasteiger partial charge in [-0.3, -0.25) is 25.1 Å². The summed E-state index contributed by atoms with van der Waals surface area (Å²) in [6.45, 7) is 3.17. The van der Waals surface area contributed by atoms with E-state index < -0.39 is 48.4 Å². The first-order chi connectivity index (χ1) is 13.6. The molecule has 2 N–H and O–H groups in total. The summed E-state index contributed by atoms with van der Waals surface area (Å²) in [7, 11) is 0. The van der Waals surface area contributed by atoms with Gasteiger partial charge in [0.2, 0.25) is 0 Å². The zero-order valence-electron chi connectivity index (χ0n) is 15.9. The van der Waals surface area contributed by atoms with E-state index in [2.05, 4.69) is 15.0 Å². The maximum absolute atomic E-state index is 14.4. The summed E-state index contributed by atoms with van der Waals surface area (Å²) in [6.07, 6.45) is -3.28. The first-order valence-corrected chi connectivity index (χ1v) is 8.64. The lowest BCUT2D eigenvalue weighted by Crippen LogP contribution is -2.54. The number of hydrogen-bond donors (Lipinski definition) is 1. The summed E-state index contributed by atoms with van der Waals surface area (Å²) >= 11 is 0. The Labute approximate surface area is 164 Å². The number of fused-ring (bicyclic) bond motifs is 1. The van der Waals surface area contributed by atoms with Gasteiger partial charge in [-0.2, -0.15) is 4.39 Å². The Kier molecular flexibility index (Phi) is 5.61. The van der Waals surface area contributed by atoms with Crippen LogP contribution in [0.3, 0.4) is 0 Å². The van der Waals surface area contributed by atoms with E-state index in [9.17, 15) is 18.8 Å². The average Bonchev–Trinajstić information content (AvgIpc) is 3.15. The molecule has 13 heteroatoms. The van der Waals surface area contributed by atoms with Gasteiger partial charge in [0.25, 0.3) is 0 Å². The molecule has 5 atom stereocenters. The zero-order chi connectivity index (χ0) is 21.3. The van der Waals surface area contributed by atoms with Crippen molar-refractivity contribution in [3.05, 3.63) is 0 Å². The third-order valence-corrected chi connectivity index (χ3v) is 4.27. The number of alkyl halides is 1. The first-order valence-electron chi connectivity index (χ1n) is 8.64. The predicted octanol–water partition coefficient (Wildman–Crippen LogP) is -1.13. The number of nitrogens with two attached hydrogens (primary N) is 1. The molecule has 158 valence electrons. The topological polar surface area (TPSA) is 154 Å². The maximum atomic E-state index is 14.4. The lowest BCUT2D eigenvalue weighted by Gasteiger charge is -2.31. The van der Waals surface area contributed by atoms with E-state index in [-0.39, 0.29) is 24.8 Å². The molecule has 0 aromatic rings. The van der Waals surface area contributed by atoms with Crippen molar-refractivity contribution in [3.8, 4) is 0 Å². The number of carbonyl (C=O) groups is 3. The van der Waals surface area contributed by atoms with Crippen LogP contribution < -0.4 is 5.73 Å². The molecule has 1 saturated heterocycles. The highest BCUT2D eigenvalue weighted by Gasteiger charge is 2.55. The van der Waals surface area contributed by atoms with Crippen molar-refractivity contribution >= 4 is 35.8 Å².